The minimum Gasteiger partial charge on any atom is -0.497 e. The highest BCUT2D eigenvalue weighted by molar-refractivity contribution is 7.92. The van der Waals surface area contributed by atoms with Crippen molar-refractivity contribution < 1.29 is 22.7 Å². The van der Waals surface area contributed by atoms with Crippen molar-refractivity contribution in [3.05, 3.63) is 82.3 Å². The molecule has 180 valence electrons. The van der Waals surface area contributed by atoms with E-state index in [0.717, 1.165) is 4.31 Å². The van der Waals surface area contributed by atoms with Gasteiger partial charge in [0.15, 0.2) is 0 Å². The first-order chi connectivity index (χ1) is 16.2. The summed E-state index contributed by atoms with van der Waals surface area (Å²) in [6.07, 6.45) is 0. The Morgan fingerprint density at radius 1 is 1.00 bits per heavy atom. The minimum atomic E-state index is -4.13. The summed E-state index contributed by atoms with van der Waals surface area (Å²) < 4.78 is 38.6. The summed E-state index contributed by atoms with van der Waals surface area (Å²) in [6, 6.07) is 17.1. The molecule has 0 aromatic heterocycles. The smallest absolute Gasteiger partial charge is 0.264 e. The number of carbonyl (C=O) groups is 1. The van der Waals surface area contributed by atoms with E-state index in [4.69, 9.17) is 32.7 Å². The predicted molar refractivity (Wildman–Crippen MR) is 134 cm³/mol. The Hall–Kier alpha value is -2.94. The van der Waals surface area contributed by atoms with Crippen LogP contribution in [0.2, 0.25) is 10.0 Å². The summed E-state index contributed by atoms with van der Waals surface area (Å²) >= 11 is 12.5. The summed E-state index contributed by atoms with van der Waals surface area (Å²) in [5.74, 6) is 0.601. The first-order valence-electron chi connectivity index (χ1n) is 10.2. The number of nitrogens with zero attached hydrogens (tertiary/aromatic N) is 1. The Balaban J connectivity index is 1.94. The fraction of sp³-hybridized carbons (Fsp3) is 0.208. The molecular weight excluding hydrogens is 499 g/mol. The largest absolute Gasteiger partial charge is 0.497 e. The lowest BCUT2D eigenvalue weighted by Crippen LogP contribution is -2.41. The normalized spacial score (nSPS) is 12.0. The lowest BCUT2D eigenvalue weighted by atomic mass is 10.1. The molecule has 3 aromatic carbocycles. The first-order valence-corrected chi connectivity index (χ1v) is 12.4. The van der Waals surface area contributed by atoms with Gasteiger partial charge in [-0.2, -0.15) is 0 Å². The van der Waals surface area contributed by atoms with Crippen LogP contribution in [0.25, 0.3) is 0 Å². The van der Waals surface area contributed by atoms with E-state index in [0.29, 0.717) is 17.1 Å². The minimum absolute atomic E-state index is 0.0151. The van der Waals surface area contributed by atoms with Crippen LogP contribution in [-0.4, -0.2) is 35.1 Å². The predicted octanol–water partition coefficient (Wildman–Crippen LogP) is 5.08. The number of amides is 1. The molecule has 0 saturated carbocycles. The number of methoxy groups -OCH3 is 2. The number of halogens is 2. The average molecular weight is 523 g/mol. The van der Waals surface area contributed by atoms with Gasteiger partial charge >= 0.3 is 0 Å². The van der Waals surface area contributed by atoms with Gasteiger partial charge < -0.3 is 14.8 Å². The van der Waals surface area contributed by atoms with Crippen LogP contribution in [0.1, 0.15) is 18.5 Å². The van der Waals surface area contributed by atoms with Crippen molar-refractivity contribution in [2.45, 2.75) is 17.9 Å². The molecule has 0 bridgehead atoms. The van der Waals surface area contributed by atoms with Gasteiger partial charge in [-0.05, 0) is 49.4 Å². The fourth-order valence-electron chi connectivity index (χ4n) is 3.38. The Morgan fingerprint density at radius 3 is 2.35 bits per heavy atom. The van der Waals surface area contributed by atoms with Crippen molar-refractivity contribution in [1.29, 1.82) is 0 Å². The fourth-order valence-corrected chi connectivity index (χ4v) is 5.28. The van der Waals surface area contributed by atoms with Gasteiger partial charge in [-0.1, -0.05) is 47.5 Å². The third-order valence-electron chi connectivity index (χ3n) is 5.10. The molecule has 0 aliphatic carbocycles. The summed E-state index contributed by atoms with van der Waals surface area (Å²) in [5, 5.41) is 3.02. The highest BCUT2D eigenvalue weighted by atomic mass is 35.5. The zero-order valence-electron chi connectivity index (χ0n) is 18.8. The van der Waals surface area contributed by atoms with Gasteiger partial charge in [0.1, 0.15) is 18.0 Å². The Bertz CT molecular complexity index is 1270. The third-order valence-corrected chi connectivity index (χ3v) is 7.68. The number of rotatable bonds is 9. The van der Waals surface area contributed by atoms with E-state index in [1.54, 1.807) is 49.4 Å². The molecular formula is C24H24Cl2N2O5S. The van der Waals surface area contributed by atoms with Gasteiger partial charge in [0.25, 0.3) is 10.0 Å². The van der Waals surface area contributed by atoms with E-state index in [-0.39, 0.29) is 20.6 Å². The molecule has 0 fully saturated rings. The number of ether oxygens (including phenoxy) is 2. The second-order valence-electron chi connectivity index (χ2n) is 7.29. The number of carbonyl (C=O) groups excluding carboxylic acids is 1. The van der Waals surface area contributed by atoms with E-state index < -0.39 is 28.5 Å². The van der Waals surface area contributed by atoms with Crippen molar-refractivity contribution in [2.75, 3.05) is 25.1 Å². The van der Waals surface area contributed by atoms with Crippen molar-refractivity contribution in [1.82, 2.24) is 5.32 Å². The number of anilines is 1. The van der Waals surface area contributed by atoms with E-state index in [2.05, 4.69) is 5.32 Å². The highest BCUT2D eigenvalue weighted by Crippen LogP contribution is 2.35. The SMILES string of the molecule is COc1ccc(OC)c([C@H](C)NC(=O)CN(c2cccc(Cl)c2Cl)S(=O)(=O)c2ccccc2)c1. The summed E-state index contributed by atoms with van der Waals surface area (Å²) in [6.45, 7) is 1.24. The number of nitrogens with one attached hydrogen (secondary N) is 1. The summed E-state index contributed by atoms with van der Waals surface area (Å²) in [4.78, 5) is 13.1. The lowest BCUT2D eigenvalue weighted by molar-refractivity contribution is -0.120. The van der Waals surface area contributed by atoms with Crippen molar-refractivity contribution >= 4 is 44.8 Å². The molecule has 1 amide bonds. The summed E-state index contributed by atoms with van der Waals surface area (Å²) in [7, 11) is -1.07. The van der Waals surface area contributed by atoms with Gasteiger partial charge in [-0.15, -0.1) is 0 Å². The average Bonchev–Trinajstić information content (AvgIpc) is 2.84. The van der Waals surface area contributed by atoms with E-state index in [9.17, 15) is 13.2 Å². The van der Waals surface area contributed by atoms with Crippen molar-refractivity contribution in [2.24, 2.45) is 0 Å². The van der Waals surface area contributed by atoms with Crippen LogP contribution in [0, 0.1) is 0 Å². The molecule has 3 aromatic rings. The number of hydrogen-bond acceptors (Lipinski definition) is 5. The Labute approximate surface area is 209 Å². The molecule has 7 nitrogen and oxygen atoms in total. The quantitative estimate of drug-likeness (QED) is 0.423. The van der Waals surface area contributed by atoms with Crippen LogP contribution in [0.4, 0.5) is 5.69 Å². The van der Waals surface area contributed by atoms with Crippen LogP contribution in [0.3, 0.4) is 0 Å². The third kappa shape index (κ3) is 5.58. The summed E-state index contributed by atoms with van der Waals surface area (Å²) in [5.41, 5.74) is 0.772. The maximum atomic E-state index is 13.5. The first kappa shape index (κ1) is 25.7. The van der Waals surface area contributed by atoms with E-state index >= 15 is 0 Å². The van der Waals surface area contributed by atoms with Crippen molar-refractivity contribution in [3.63, 3.8) is 0 Å². The zero-order valence-corrected chi connectivity index (χ0v) is 21.1. The molecule has 3 rings (SSSR count). The monoisotopic (exact) mass is 522 g/mol. The number of hydrogen-bond donors (Lipinski definition) is 1. The molecule has 0 unspecified atom stereocenters. The lowest BCUT2D eigenvalue weighted by Gasteiger charge is -2.26. The molecule has 0 aliphatic heterocycles. The topological polar surface area (TPSA) is 84.9 Å². The van der Waals surface area contributed by atoms with Gasteiger partial charge in [0.05, 0.1) is 40.9 Å². The van der Waals surface area contributed by atoms with E-state index in [1.807, 2.05) is 0 Å². The molecule has 0 heterocycles. The van der Waals surface area contributed by atoms with Gasteiger partial charge in [-0.25, -0.2) is 8.42 Å². The van der Waals surface area contributed by atoms with Crippen LogP contribution >= 0.6 is 23.2 Å². The highest BCUT2D eigenvalue weighted by Gasteiger charge is 2.30. The maximum Gasteiger partial charge on any atom is 0.264 e. The second-order valence-corrected chi connectivity index (χ2v) is 9.94. The number of sulfonamides is 1. The molecule has 0 aliphatic rings. The molecule has 0 saturated heterocycles. The molecule has 0 radical (unpaired) electrons. The van der Waals surface area contributed by atoms with Gasteiger partial charge in [0, 0.05) is 5.56 Å². The molecule has 10 heteroatoms. The Morgan fingerprint density at radius 2 is 1.71 bits per heavy atom. The van der Waals surface area contributed by atoms with Gasteiger partial charge in [0.2, 0.25) is 5.91 Å². The Kier molecular flexibility index (Phi) is 8.30. The zero-order chi connectivity index (χ0) is 24.9. The van der Waals surface area contributed by atoms with Crippen LogP contribution in [0.15, 0.2) is 71.6 Å². The van der Waals surface area contributed by atoms with Crippen molar-refractivity contribution in [3.8, 4) is 11.5 Å². The second kappa shape index (κ2) is 11.0. The molecule has 1 atom stereocenters. The molecule has 1 N–H and O–H groups in total. The van der Waals surface area contributed by atoms with E-state index in [1.165, 1.54) is 38.5 Å². The number of benzene rings is 3. The van der Waals surface area contributed by atoms with Crippen LogP contribution in [0.5, 0.6) is 11.5 Å². The van der Waals surface area contributed by atoms with Crippen LogP contribution in [-0.2, 0) is 14.8 Å². The van der Waals surface area contributed by atoms with Crippen LogP contribution < -0.4 is 19.1 Å². The molecule has 34 heavy (non-hydrogen) atoms. The van der Waals surface area contributed by atoms with Gasteiger partial charge in [-0.3, -0.25) is 9.10 Å². The standard InChI is InChI=1S/C24H24Cl2N2O5S/c1-16(19-14-17(32-2)12-13-22(19)33-3)27-23(29)15-28(21-11-7-10-20(25)24(21)26)34(30,31)18-8-5-4-6-9-18/h4-14,16H,15H2,1-3H3,(H,27,29)/t16-/m0/s1. The maximum absolute atomic E-state index is 13.5. The molecule has 0 spiro atoms.